The van der Waals surface area contributed by atoms with E-state index in [1.54, 1.807) is 12.3 Å². The Hall–Kier alpha value is -1.58. The van der Waals surface area contributed by atoms with Crippen LogP contribution in [0, 0.1) is 23.7 Å². The zero-order chi connectivity index (χ0) is 17.3. The van der Waals surface area contributed by atoms with Crippen molar-refractivity contribution in [3.05, 3.63) is 33.7 Å². The molecule has 24 heavy (non-hydrogen) atoms. The maximum Gasteiger partial charge on any atom is 0.256 e. The summed E-state index contributed by atoms with van der Waals surface area (Å²) in [6.07, 6.45) is 7.52. The Morgan fingerprint density at radius 3 is 2.50 bits per heavy atom. The number of pyridine rings is 1. The molecule has 0 aromatic carbocycles. The molecule has 1 aromatic heterocycles. The summed E-state index contributed by atoms with van der Waals surface area (Å²) in [7, 11) is 0. The Morgan fingerprint density at radius 1 is 1.25 bits per heavy atom. The van der Waals surface area contributed by atoms with Gasteiger partial charge in [0, 0.05) is 30.0 Å². The molecule has 0 radical (unpaired) electrons. The van der Waals surface area contributed by atoms with Crippen LogP contribution in [0.25, 0.3) is 0 Å². The molecule has 0 spiro atoms. The van der Waals surface area contributed by atoms with E-state index in [2.05, 4.69) is 30.7 Å². The average molecular weight is 328 g/mol. The molecule has 3 aliphatic rings. The fourth-order valence-corrected chi connectivity index (χ4v) is 5.22. The minimum absolute atomic E-state index is 0.132. The molecule has 2 bridgehead atoms. The summed E-state index contributed by atoms with van der Waals surface area (Å²) in [5.41, 5.74) is 1.48. The second-order valence-corrected chi connectivity index (χ2v) is 8.97. The minimum atomic E-state index is -0.191. The topological polar surface area (TPSA) is 51.1 Å². The predicted octanol–water partition coefficient (Wildman–Crippen LogP) is 3.44. The molecule has 4 heteroatoms. The SMILES string of the molecule is Cc1cc(=O)c(C(=O)N[C@@H]2C[C@H]3CC[C@@]2(C)C3(C)C)cn1C1CC1. The molecule has 0 aliphatic heterocycles. The van der Waals surface area contributed by atoms with Crippen molar-refractivity contribution in [1.82, 2.24) is 9.88 Å². The molecule has 1 N–H and O–H groups in total. The highest BCUT2D eigenvalue weighted by Gasteiger charge is 2.61. The highest BCUT2D eigenvalue weighted by atomic mass is 16.2. The van der Waals surface area contributed by atoms with Gasteiger partial charge in [-0.05, 0) is 55.8 Å². The van der Waals surface area contributed by atoms with Crippen LogP contribution in [-0.4, -0.2) is 16.5 Å². The van der Waals surface area contributed by atoms with E-state index < -0.39 is 0 Å². The first-order valence-corrected chi connectivity index (χ1v) is 9.28. The van der Waals surface area contributed by atoms with Gasteiger partial charge in [0.05, 0.1) is 0 Å². The van der Waals surface area contributed by atoms with E-state index in [-0.39, 0.29) is 28.2 Å². The van der Waals surface area contributed by atoms with Gasteiger partial charge in [0.1, 0.15) is 5.56 Å². The molecule has 3 saturated carbocycles. The lowest BCUT2D eigenvalue weighted by Gasteiger charge is -2.39. The van der Waals surface area contributed by atoms with Crippen molar-refractivity contribution in [3.63, 3.8) is 0 Å². The maximum absolute atomic E-state index is 12.8. The Labute approximate surface area is 143 Å². The van der Waals surface area contributed by atoms with Gasteiger partial charge in [-0.3, -0.25) is 9.59 Å². The maximum atomic E-state index is 12.8. The molecule has 4 nitrogen and oxygen atoms in total. The molecule has 3 fully saturated rings. The van der Waals surface area contributed by atoms with Gasteiger partial charge in [-0.25, -0.2) is 0 Å². The molecule has 4 rings (SSSR count). The molecule has 1 heterocycles. The van der Waals surface area contributed by atoms with Gasteiger partial charge in [-0.15, -0.1) is 0 Å². The van der Waals surface area contributed by atoms with Crippen molar-refractivity contribution < 1.29 is 4.79 Å². The largest absolute Gasteiger partial charge is 0.349 e. The van der Waals surface area contributed by atoms with Crippen LogP contribution in [0.15, 0.2) is 17.1 Å². The van der Waals surface area contributed by atoms with E-state index in [9.17, 15) is 9.59 Å². The van der Waals surface area contributed by atoms with E-state index in [1.165, 1.54) is 6.42 Å². The van der Waals surface area contributed by atoms with Gasteiger partial charge in [0.25, 0.3) is 5.91 Å². The van der Waals surface area contributed by atoms with Gasteiger partial charge in [0.15, 0.2) is 5.43 Å². The van der Waals surface area contributed by atoms with Crippen LogP contribution in [0.5, 0.6) is 0 Å². The van der Waals surface area contributed by atoms with E-state index in [1.807, 2.05) is 6.92 Å². The summed E-state index contributed by atoms with van der Waals surface area (Å²) in [6.45, 7) is 8.93. The van der Waals surface area contributed by atoms with E-state index >= 15 is 0 Å². The number of hydrogen-bond donors (Lipinski definition) is 1. The first kappa shape index (κ1) is 15.9. The molecular formula is C20H28N2O2. The lowest BCUT2D eigenvalue weighted by molar-refractivity contribution is 0.0824. The lowest BCUT2D eigenvalue weighted by Crippen LogP contribution is -2.47. The number of amides is 1. The standard InChI is InChI=1S/C20H28N2O2/c1-12-9-16(23)15(11-22(12)14-5-6-14)18(24)21-17-10-13-7-8-20(17,4)19(13,2)3/h9,11,13-14,17H,5-8,10H2,1-4H3,(H,21,24)/t13-,17-,20-/m1/s1. The smallest absolute Gasteiger partial charge is 0.256 e. The normalized spacial score (nSPS) is 33.7. The zero-order valence-corrected chi connectivity index (χ0v) is 15.2. The Bertz CT molecular complexity index is 759. The summed E-state index contributed by atoms with van der Waals surface area (Å²) >= 11 is 0. The lowest BCUT2D eigenvalue weighted by atomic mass is 9.69. The van der Waals surface area contributed by atoms with Crippen LogP contribution in [0.3, 0.4) is 0 Å². The predicted molar refractivity (Wildman–Crippen MR) is 94.2 cm³/mol. The quantitative estimate of drug-likeness (QED) is 0.924. The van der Waals surface area contributed by atoms with Gasteiger partial charge in [-0.2, -0.15) is 0 Å². The van der Waals surface area contributed by atoms with E-state index in [0.717, 1.165) is 31.4 Å². The average Bonchev–Trinajstić information content (AvgIpc) is 3.28. The van der Waals surface area contributed by atoms with E-state index in [0.29, 0.717) is 17.5 Å². The molecule has 3 atom stereocenters. The van der Waals surface area contributed by atoms with Crippen molar-refractivity contribution in [2.75, 3.05) is 0 Å². The monoisotopic (exact) mass is 328 g/mol. The number of hydrogen-bond acceptors (Lipinski definition) is 2. The summed E-state index contributed by atoms with van der Waals surface area (Å²) in [6, 6.07) is 2.25. The van der Waals surface area contributed by atoms with Crippen LogP contribution >= 0.6 is 0 Å². The van der Waals surface area contributed by atoms with Crippen LogP contribution in [0.4, 0.5) is 0 Å². The number of aryl methyl sites for hydroxylation is 1. The Kier molecular flexibility index (Phi) is 3.29. The highest BCUT2D eigenvalue weighted by Crippen LogP contribution is 2.65. The summed E-state index contributed by atoms with van der Waals surface area (Å²) in [5, 5.41) is 3.22. The van der Waals surface area contributed by atoms with Crippen LogP contribution < -0.4 is 10.7 Å². The van der Waals surface area contributed by atoms with E-state index in [4.69, 9.17) is 0 Å². The Balaban J connectivity index is 1.60. The molecule has 130 valence electrons. The third-order valence-corrected chi connectivity index (χ3v) is 7.57. The Morgan fingerprint density at radius 2 is 1.96 bits per heavy atom. The van der Waals surface area contributed by atoms with Crippen molar-refractivity contribution in [3.8, 4) is 0 Å². The van der Waals surface area contributed by atoms with Gasteiger partial charge in [-0.1, -0.05) is 20.8 Å². The zero-order valence-electron chi connectivity index (χ0n) is 15.2. The molecule has 0 saturated heterocycles. The minimum Gasteiger partial charge on any atom is -0.349 e. The number of fused-ring (bicyclic) bond motifs is 2. The molecular weight excluding hydrogens is 300 g/mol. The number of carbonyl (C=O) groups excluding carboxylic acids is 1. The number of nitrogens with one attached hydrogen (secondary N) is 1. The van der Waals surface area contributed by atoms with Crippen molar-refractivity contribution in [2.24, 2.45) is 16.7 Å². The third-order valence-electron chi connectivity index (χ3n) is 7.57. The second kappa shape index (κ2) is 4.96. The molecule has 1 amide bonds. The first-order chi connectivity index (χ1) is 11.2. The number of rotatable bonds is 3. The fourth-order valence-electron chi connectivity index (χ4n) is 5.22. The molecule has 1 aromatic rings. The van der Waals surface area contributed by atoms with Crippen molar-refractivity contribution in [1.29, 1.82) is 0 Å². The van der Waals surface area contributed by atoms with Crippen molar-refractivity contribution >= 4 is 5.91 Å². The summed E-state index contributed by atoms with van der Waals surface area (Å²) in [4.78, 5) is 25.2. The van der Waals surface area contributed by atoms with Gasteiger partial charge >= 0.3 is 0 Å². The highest BCUT2D eigenvalue weighted by molar-refractivity contribution is 5.94. The summed E-state index contributed by atoms with van der Waals surface area (Å²) < 4.78 is 2.10. The number of carbonyl (C=O) groups is 1. The second-order valence-electron chi connectivity index (χ2n) is 8.97. The van der Waals surface area contributed by atoms with Gasteiger partial charge in [0.2, 0.25) is 0 Å². The van der Waals surface area contributed by atoms with Crippen molar-refractivity contribution in [2.45, 2.75) is 71.9 Å². The third kappa shape index (κ3) is 2.11. The van der Waals surface area contributed by atoms with Crippen LogP contribution in [0.2, 0.25) is 0 Å². The van der Waals surface area contributed by atoms with Gasteiger partial charge < -0.3 is 9.88 Å². The molecule has 0 unspecified atom stereocenters. The van der Waals surface area contributed by atoms with Crippen LogP contribution in [-0.2, 0) is 0 Å². The first-order valence-electron chi connectivity index (χ1n) is 9.28. The van der Waals surface area contributed by atoms with Crippen LogP contribution in [0.1, 0.15) is 75.0 Å². The number of aromatic nitrogens is 1. The summed E-state index contributed by atoms with van der Waals surface area (Å²) in [5.74, 6) is 0.484. The fraction of sp³-hybridized carbons (Fsp3) is 0.700. The molecule has 3 aliphatic carbocycles. The number of nitrogens with zero attached hydrogens (tertiary/aromatic N) is 1.